The molecule has 1 heterocycles. The zero-order valence-corrected chi connectivity index (χ0v) is 10.6. The van der Waals surface area contributed by atoms with E-state index in [4.69, 9.17) is 10.8 Å². The summed E-state index contributed by atoms with van der Waals surface area (Å²) < 4.78 is 0. The number of hydrogen-bond acceptors (Lipinski definition) is 5. The van der Waals surface area contributed by atoms with Crippen LogP contribution in [0.1, 0.15) is 21.6 Å². The molecule has 6 heteroatoms. The van der Waals surface area contributed by atoms with Gasteiger partial charge in [0.2, 0.25) is 0 Å². The van der Waals surface area contributed by atoms with Crippen LogP contribution in [0.4, 0.5) is 11.4 Å². The molecule has 0 amide bonds. The monoisotopic (exact) mass is 263 g/mol. The normalized spacial score (nSPS) is 10.3. The van der Waals surface area contributed by atoms with Crippen molar-refractivity contribution >= 4 is 28.7 Å². The molecular weight excluding hydrogens is 250 g/mol. The number of nitrogens with zero attached hydrogens (tertiary/aromatic N) is 1. The molecule has 2 aromatic rings. The second-order valence-corrected chi connectivity index (χ2v) is 4.61. The molecule has 0 fully saturated rings. The van der Waals surface area contributed by atoms with Crippen LogP contribution >= 0.6 is 11.3 Å². The molecule has 1 aromatic heterocycles. The Labute approximate surface area is 108 Å². The number of thiazole rings is 1. The van der Waals surface area contributed by atoms with E-state index >= 15 is 0 Å². The van der Waals surface area contributed by atoms with Crippen molar-refractivity contribution in [3.63, 3.8) is 0 Å². The Morgan fingerprint density at radius 1 is 1.56 bits per heavy atom. The van der Waals surface area contributed by atoms with E-state index < -0.39 is 5.97 Å². The first kappa shape index (κ1) is 12.4. The number of aromatic carboxylic acids is 1. The van der Waals surface area contributed by atoms with Crippen molar-refractivity contribution in [3.05, 3.63) is 39.8 Å². The van der Waals surface area contributed by atoms with E-state index in [-0.39, 0.29) is 5.56 Å². The second-order valence-electron chi connectivity index (χ2n) is 3.89. The first-order valence-electron chi connectivity index (χ1n) is 5.32. The molecule has 18 heavy (non-hydrogen) atoms. The molecule has 0 spiro atoms. The number of nitrogens with two attached hydrogens (primary N) is 1. The maximum absolute atomic E-state index is 11.0. The molecule has 2 rings (SSSR count). The Kier molecular flexibility index (Phi) is 3.47. The Morgan fingerprint density at radius 2 is 2.33 bits per heavy atom. The van der Waals surface area contributed by atoms with Gasteiger partial charge < -0.3 is 16.2 Å². The molecule has 0 aliphatic carbocycles. The zero-order chi connectivity index (χ0) is 13.1. The van der Waals surface area contributed by atoms with Gasteiger partial charge in [-0.2, -0.15) is 0 Å². The van der Waals surface area contributed by atoms with Crippen LogP contribution in [0, 0.1) is 6.92 Å². The van der Waals surface area contributed by atoms with E-state index in [1.165, 1.54) is 17.4 Å². The summed E-state index contributed by atoms with van der Waals surface area (Å²) in [6.07, 6.45) is 0. The predicted octanol–water partition coefficient (Wildman–Crippen LogP) is 2.34. The summed E-state index contributed by atoms with van der Waals surface area (Å²) in [5.74, 6) is -1.02. The van der Waals surface area contributed by atoms with Crippen LogP contribution in [0.25, 0.3) is 0 Å². The predicted molar refractivity (Wildman–Crippen MR) is 72.0 cm³/mol. The third-order valence-electron chi connectivity index (χ3n) is 2.57. The largest absolute Gasteiger partial charge is 0.478 e. The smallest absolute Gasteiger partial charge is 0.337 e. The molecule has 1 aromatic carbocycles. The molecule has 0 saturated carbocycles. The van der Waals surface area contributed by atoms with Crippen molar-refractivity contribution in [1.82, 2.24) is 4.98 Å². The van der Waals surface area contributed by atoms with E-state index in [1.54, 1.807) is 12.4 Å². The van der Waals surface area contributed by atoms with Gasteiger partial charge in [-0.3, -0.25) is 0 Å². The lowest BCUT2D eigenvalue weighted by Crippen LogP contribution is -2.07. The topological polar surface area (TPSA) is 88.2 Å². The van der Waals surface area contributed by atoms with Gasteiger partial charge >= 0.3 is 5.97 Å². The number of carbonyl (C=O) groups is 1. The molecule has 0 radical (unpaired) electrons. The van der Waals surface area contributed by atoms with Gasteiger partial charge in [0.15, 0.2) is 0 Å². The van der Waals surface area contributed by atoms with Crippen molar-refractivity contribution in [3.8, 4) is 0 Å². The van der Waals surface area contributed by atoms with Crippen LogP contribution in [-0.2, 0) is 6.54 Å². The third kappa shape index (κ3) is 2.60. The minimum Gasteiger partial charge on any atom is -0.478 e. The number of carboxylic acids is 1. The lowest BCUT2D eigenvalue weighted by atomic mass is 10.1. The van der Waals surface area contributed by atoms with Crippen LogP contribution in [0.2, 0.25) is 0 Å². The Bertz CT molecular complexity index is 567. The number of rotatable bonds is 4. The molecule has 0 aliphatic rings. The Hall–Kier alpha value is -2.08. The summed E-state index contributed by atoms with van der Waals surface area (Å²) in [6.45, 7) is 2.35. The van der Waals surface area contributed by atoms with Crippen LogP contribution in [0.3, 0.4) is 0 Å². The molecule has 0 saturated heterocycles. The van der Waals surface area contributed by atoms with E-state index in [1.807, 2.05) is 11.4 Å². The number of carboxylic acid groups (broad SMARTS) is 1. The third-order valence-corrected chi connectivity index (χ3v) is 3.21. The summed E-state index contributed by atoms with van der Waals surface area (Å²) in [5.41, 5.74) is 10.3. The van der Waals surface area contributed by atoms with Crippen molar-refractivity contribution in [2.45, 2.75) is 13.5 Å². The number of nitrogen functional groups attached to an aromatic ring is 1. The molecule has 0 unspecified atom stereocenters. The van der Waals surface area contributed by atoms with Gasteiger partial charge in [-0.25, -0.2) is 9.78 Å². The zero-order valence-electron chi connectivity index (χ0n) is 9.80. The minimum atomic E-state index is -1.02. The van der Waals surface area contributed by atoms with Crippen LogP contribution in [-0.4, -0.2) is 16.1 Å². The quantitative estimate of drug-likeness (QED) is 0.737. The van der Waals surface area contributed by atoms with Gasteiger partial charge in [0.1, 0.15) is 0 Å². The second kappa shape index (κ2) is 5.05. The highest BCUT2D eigenvalue weighted by molar-refractivity contribution is 7.07. The first-order valence-corrected chi connectivity index (χ1v) is 6.26. The van der Waals surface area contributed by atoms with E-state index in [0.29, 0.717) is 12.2 Å². The summed E-state index contributed by atoms with van der Waals surface area (Å²) in [5, 5.41) is 14.1. The van der Waals surface area contributed by atoms with Crippen molar-refractivity contribution in [1.29, 1.82) is 0 Å². The molecule has 5 nitrogen and oxygen atoms in total. The number of anilines is 2. The molecule has 4 N–H and O–H groups in total. The molecular formula is C12H13N3O2S. The van der Waals surface area contributed by atoms with E-state index in [0.717, 1.165) is 16.9 Å². The maximum atomic E-state index is 11.0. The minimum absolute atomic E-state index is 0.121. The summed E-state index contributed by atoms with van der Waals surface area (Å²) in [4.78, 5) is 15.2. The number of hydrogen-bond donors (Lipinski definition) is 3. The SMILES string of the molecule is Cc1cc(NCc2cscn2)cc(C(=O)O)c1N. The van der Waals surface area contributed by atoms with Gasteiger partial charge in [0, 0.05) is 16.8 Å². The van der Waals surface area contributed by atoms with Gasteiger partial charge in [0.05, 0.1) is 23.3 Å². The number of aryl methyl sites for hydroxylation is 1. The Morgan fingerprint density at radius 3 is 2.94 bits per heavy atom. The van der Waals surface area contributed by atoms with Gasteiger partial charge in [-0.05, 0) is 24.6 Å². The Balaban J connectivity index is 2.21. The number of nitrogens with one attached hydrogen (secondary N) is 1. The van der Waals surface area contributed by atoms with Gasteiger partial charge in [0.25, 0.3) is 0 Å². The lowest BCUT2D eigenvalue weighted by Gasteiger charge is -2.10. The van der Waals surface area contributed by atoms with E-state index in [2.05, 4.69) is 10.3 Å². The van der Waals surface area contributed by atoms with Crippen LogP contribution in [0.15, 0.2) is 23.0 Å². The molecule has 94 valence electrons. The fourth-order valence-corrected chi connectivity index (χ4v) is 2.15. The highest BCUT2D eigenvalue weighted by atomic mass is 32.1. The maximum Gasteiger partial charge on any atom is 0.337 e. The van der Waals surface area contributed by atoms with Crippen molar-refractivity contribution in [2.75, 3.05) is 11.1 Å². The lowest BCUT2D eigenvalue weighted by molar-refractivity contribution is 0.0698. The average Bonchev–Trinajstić information content (AvgIpc) is 2.83. The van der Waals surface area contributed by atoms with Crippen molar-refractivity contribution < 1.29 is 9.90 Å². The van der Waals surface area contributed by atoms with Gasteiger partial charge in [-0.15, -0.1) is 11.3 Å². The fourth-order valence-electron chi connectivity index (χ4n) is 1.59. The summed E-state index contributed by atoms with van der Waals surface area (Å²) >= 11 is 1.52. The standard InChI is InChI=1S/C12H13N3O2S/c1-7-2-8(3-10(11(7)13)12(16)17)14-4-9-5-18-6-15-9/h2-3,5-6,14H,4,13H2,1H3,(H,16,17). The summed E-state index contributed by atoms with van der Waals surface area (Å²) in [7, 11) is 0. The fraction of sp³-hybridized carbons (Fsp3) is 0.167. The molecule has 0 bridgehead atoms. The number of benzene rings is 1. The first-order chi connectivity index (χ1) is 8.58. The highest BCUT2D eigenvalue weighted by Gasteiger charge is 2.11. The average molecular weight is 263 g/mol. The van der Waals surface area contributed by atoms with Crippen LogP contribution in [0.5, 0.6) is 0 Å². The van der Waals surface area contributed by atoms with Crippen LogP contribution < -0.4 is 11.1 Å². The molecule has 0 aliphatic heterocycles. The van der Waals surface area contributed by atoms with Crippen molar-refractivity contribution in [2.24, 2.45) is 0 Å². The number of aromatic nitrogens is 1. The molecule has 0 atom stereocenters. The van der Waals surface area contributed by atoms with E-state index in [9.17, 15) is 4.79 Å². The summed E-state index contributed by atoms with van der Waals surface area (Å²) in [6, 6.07) is 3.37. The highest BCUT2D eigenvalue weighted by Crippen LogP contribution is 2.23. The van der Waals surface area contributed by atoms with Gasteiger partial charge in [-0.1, -0.05) is 0 Å².